The molecule has 1 heterocycles. The quantitative estimate of drug-likeness (QED) is 0.692. The van der Waals surface area contributed by atoms with Crippen LogP contribution in [0.15, 0.2) is 35.1 Å². The Bertz CT molecular complexity index is 484. The van der Waals surface area contributed by atoms with E-state index >= 15 is 0 Å². The van der Waals surface area contributed by atoms with Gasteiger partial charge in [0, 0.05) is 12.1 Å². The van der Waals surface area contributed by atoms with Gasteiger partial charge in [-0.3, -0.25) is 0 Å². The predicted molar refractivity (Wildman–Crippen MR) is 59.6 cm³/mol. The van der Waals surface area contributed by atoms with Crippen molar-refractivity contribution in [3.8, 4) is 11.3 Å². The standard InChI is InChI=1S/C11H13N3O/c12-7-6-9-10(14-11(15)13-9)8-4-2-1-3-5-8/h1-5H,6-7,12H2,(H2,13,14,15). The van der Waals surface area contributed by atoms with Crippen molar-refractivity contribution in [3.63, 3.8) is 0 Å². The molecule has 0 radical (unpaired) electrons. The van der Waals surface area contributed by atoms with Gasteiger partial charge >= 0.3 is 5.69 Å². The molecule has 4 nitrogen and oxygen atoms in total. The van der Waals surface area contributed by atoms with E-state index in [-0.39, 0.29) is 5.69 Å². The minimum absolute atomic E-state index is 0.183. The molecule has 15 heavy (non-hydrogen) atoms. The molecular formula is C11H13N3O. The number of hydrogen-bond acceptors (Lipinski definition) is 2. The summed E-state index contributed by atoms with van der Waals surface area (Å²) in [5.41, 5.74) is 8.01. The van der Waals surface area contributed by atoms with Gasteiger partial charge in [0.1, 0.15) is 0 Å². The number of rotatable bonds is 3. The average Bonchev–Trinajstić information content (AvgIpc) is 2.62. The first-order chi connectivity index (χ1) is 7.31. The van der Waals surface area contributed by atoms with Crippen molar-refractivity contribution in [1.29, 1.82) is 0 Å². The van der Waals surface area contributed by atoms with Crippen LogP contribution >= 0.6 is 0 Å². The van der Waals surface area contributed by atoms with Crippen LogP contribution in [0.5, 0.6) is 0 Å². The Morgan fingerprint density at radius 2 is 1.87 bits per heavy atom. The number of nitrogens with one attached hydrogen (secondary N) is 2. The van der Waals surface area contributed by atoms with Crippen molar-refractivity contribution >= 4 is 0 Å². The lowest BCUT2D eigenvalue weighted by atomic mass is 10.1. The van der Waals surface area contributed by atoms with E-state index in [0.29, 0.717) is 13.0 Å². The van der Waals surface area contributed by atoms with E-state index < -0.39 is 0 Å². The van der Waals surface area contributed by atoms with Crippen LogP contribution in [0.3, 0.4) is 0 Å². The minimum atomic E-state index is -0.183. The number of nitrogens with two attached hydrogens (primary N) is 1. The first-order valence-electron chi connectivity index (χ1n) is 4.88. The van der Waals surface area contributed by atoms with E-state index in [1.807, 2.05) is 30.3 Å². The van der Waals surface area contributed by atoms with Gasteiger partial charge in [-0.2, -0.15) is 0 Å². The third kappa shape index (κ3) is 1.99. The molecule has 0 spiro atoms. The molecule has 0 aliphatic carbocycles. The molecule has 0 atom stereocenters. The molecule has 0 fully saturated rings. The molecule has 4 N–H and O–H groups in total. The van der Waals surface area contributed by atoms with Crippen LogP contribution in [0.1, 0.15) is 5.69 Å². The van der Waals surface area contributed by atoms with Crippen molar-refractivity contribution in [3.05, 3.63) is 46.5 Å². The van der Waals surface area contributed by atoms with Crippen molar-refractivity contribution in [2.75, 3.05) is 6.54 Å². The second-order valence-electron chi connectivity index (χ2n) is 3.34. The van der Waals surface area contributed by atoms with Gasteiger partial charge in [0.15, 0.2) is 0 Å². The summed E-state index contributed by atoms with van der Waals surface area (Å²) >= 11 is 0. The summed E-state index contributed by atoms with van der Waals surface area (Å²) in [5.74, 6) is 0. The van der Waals surface area contributed by atoms with Gasteiger partial charge in [0.2, 0.25) is 0 Å². The zero-order chi connectivity index (χ0) is 10.7. The van der Waals surface area contributed by atoms with Gasteiger partial charge in [0.25, 0.3) is 0 Å². The maximum absolute atomic E-state index is 11.2. The van der Waals surface area contributed by atoms with E-state index in [4.69, 9.17) is 5.73 Å². The van der Waals surface area contributed by atoms with Crippen LogP contribution in [-0.2, 0) is 6.42 Å². The molecule has 78 valence electrons. The highest BCUT2D eigenvalue weighted by molar-refractivity contribution is 5.61. The zero-order valence-corrected chi connectivity index (χ0v) is 8.29. The topological polar surface area (TPSA) is 74.7 Å². The highest BCUT2D eigenvalue weighted by Gasteiger charge is 2.07. The third-order valence-corrected chi connectivity index (χ3v) is 2.26. The molecule has 1 aromatic heterocycles. The van der Waals surface area contributed by atoms with Crippen molar-refractivity contribution < 1.29 is 0 Å². The monoisotopic (exact) mass is 203 g/mol. The van der Waals surface area contributed by atoms with Gasteiger partial charge in [0.05, 0.1) is 5.69 Å². The highest BCUT2D eigenvalue weighted by atomic mass is 16.1. The molecular weight excluding hydrogens is 190 g/mol. The molecule has 0 saturated heterocycles. The minimum Gasteiger partial charge on any atom is -0.330 e. The molecule has 0 aliphatic rings. The number of aromatic amines is 2. The van der Waals surface area contributed by atoms with Crippen LogP contribution in [0, 0.1) is 0 Å². The molecule has 2 aromatic rings. The summed E-state index contributed by atoms with van der Waals surface area (Å²) in [7, 11) is 0. The van der Waals surface area contributed by atoms with Gasteiger partial charge in [-0.1, -0.05) is 30.3 Å². The summed E-state index contributed by atoms with van der Waals surface area (Å²) in [4.78, 5) is 16.7. The number of H-pyrrole nitrogens is 2. The average molecular weight is 203 g/mol. The first-order valence-corrected chi connectivity index (χ1v) is 4.88. The Hall–Kier alpha value is -1.81. The molecule has 2 rings (SSSR count). The van der Waals surface area contributed by atoms with Crippen LogP contribution in [-0.4, -0.2) is 16.5 Å². The predicted octanol–water partition coefficient (Wildman–Crippen LogP) is 0.871. The Labute approximate surface area is 87.1 Å². The molecule has 0 amide bonds. The molecule has 4 heteroatoms. The maximum Gasteiger partial charge on any atom is 0.323 e. The van der Waals surface area contributed by atoms with Crippen molar-refractivity contribution in [2.24, 2.45) is 5.73 Å². The maximum atomic E-state index is 11.2. The fourth-order valence-electron chi connectivity index (χ4n) is 1.60. The normalized spacial score (nSPS) is 10.5. The zero-order valence-electron chi connectivity index (χ0n) is 8.29. The lowest BCUT2D eigenvalue weighted by Crippen LogP contribution is -2.06. The fraction of sp³-hybridized carbons (Fsp3) is 0.182. The van der Waals surface area contributed by atoms with E-state index in [1.165, 1.54) is 0 Å². The summed E-state index contributed by atoms with van der Waals surface area (Å²) in [6.45, 7) is 0.521. The molecule has 0 aliphatic heterocycles. The lowest BCUT2D eigenvalue weighted by Gasteiger charge is -2.01. The van der Waals surface area contributed by atoms with E-state index in [1.54, 1.807) is 0 Å². The van der Waals surface area contributed by atoms with Crippen molar-refractivity contribution in [2.45, 2.75) is 6.42 Å². The van der Waals surface area contributed by atoms with Crippen molar-refractivity contribution in [1.82, 2.24) is 9.97 Å². The number of imidazole rings is 1. The van der Waals surface area contributed by atoms with Gasteiger partial charge in [-0.25, -0.2) is 4.79 Å². The SMILES string of the molecule is NCCc1[nH]c(=O)[nH]c1-c1ccccc1. The summed E-state index contributed by atoms with van der Waals surface area (Å²) in [6.07, 6.45) is 0.670. The second kappa shape index (κ2) is 4.14. The summed E-state index contributed by atoms with van der Waals surface area (Å²) < 4.78 is 0. The first kappa shape index (κ1) is 9.73. The van der Waals surface area contributed by atoms with Crippen LogP contribution in [0.2, 0.25) is 0 Å². The van der Waals surface area contributed by atoms with Crippen LogP contribution in [0.4, 0.5) is 0 Å². The fourth-order valence-corrected chi connectivity index (χ4v) is 1.60. The Morgan fingerprint density at radius 1 is 1.13 bits per heavy atom. The third-order valence-electron chi connectivity index (χ3n) is 2.26. The van der Waals surface area contributed by atoms with Crippen LogP contribution < -0.4 is 11.4 Å². The molecule has 0 unspecified atom stereocenters. The molecule has 1 aromatic carbocycles. The summed E-state index contributed by atoms with van der Waals surface area (Å²) in [6, 6.07) is 9.73. The number of aromatic nitrogens is 2. The lowest BCUT2D eigenvalue weighted by molar-refractivity contribution is 0.931. The van der Waals surface area contributed by atoms with Gasteiger partial charge in [-0.05, 0) is 12.1 Å². The molecule has 0 saturated carbocycles. The van der Waals surface area contributed by atoms with Gasteiger partial charge < -0.3 is 15.7 Å². The second-order valence-corrected chi connectivity index (χ2v) is 3.34. The van der Waals surface area contributed by atoms with E-state index in [9.17, 15) is 4.79 Å². The highest BCUT2D eigenvalue weighted by Crippen LogP contribution is 2.18. The Kier molecular flexibility index (Phi) is 2.69. The smallest absolute Gasteiger partial charge is 0.323 e. The number of hydrogen-bond donors (Lipinski definition) is 3. The largest absolute Gasteiger partial charge is 0.330 e. The molecule has 0 bridgehead atoms. The number of benzene rings is 1. The Morgan fingerprint density at radius 3 is 2.53 bits per heavy atom. The van der Waals surface area contributed by atoms with Gasteiger partial charge in [-0.15, -0.1) is 0 Å². The van der Waals surface area contributed by atoms with E-state index in [0.717, 1.165) is 17.0 Å². The van der Waals surface area contributed by atoms with E-state index in [2.05, 4.69) is 9.97 Å². The Balaban J connectivity index is 2.48. The summed E-state index contributed by atoms with van der Waals surface area (Å²) in [5, 5.41) is 0. The van der Waals surface area contributed by atoms with Crippen LogP contribution in [0.25, 0.3) is 11.3 Å².